The van der Waals surface area contributed by atoms with Crippen molar-refractivity contribution in [2.24, 2.45) is 7.05 Å². The van der Waals surface area contributed by atoms with Gasteiger partial charge >= 0.3 is 0 Å². The van der Waals surface area contributed by atoms with Crippen molar-refractivity contribution >= 4 is 21.6 Å². The molecule has 0 saturated heterocycles. The maximum absolute atomic E-state index is 12.3. The van der Waals surface area contributed by atoms with Crippen LogP contribution < -0.4 is 4.74 Å². The van der Waals surface area contributed by atoms with Crippen LogP contribution in [-0.4, -0.2) is 41.8 Å². The predicted octanol–water partition coefficient (Wildman–Crippen LogP) is 3.06. The molecule has 8 heteroatoms. The first-order chi connectivity index (χ1) is 12.5. The van der Waals surface area contributed by atoms with Crippen molar-refractivity contribution in [2.75, 3.05) is 18.6 Å². The molecule has 0 amide bonds. The molecule has 26 heavy (non-hydrogen) atoms. The van der Waals surface area contributed by atoms with E-state index in [9.17, 15) is 8.42 Å². The van der Waals surface area contributed by atoms with Gasteiger partial charge in [0.05, 0.1) is 17.8 Å². The summed E-state index contributed by atoms with van der Waals surface area (Å²) in [4.78, 5) is 0.345. The van der Waals surface area contributed by atoms with Crippen LogP contribution in [-0.2, 0) is 16.9 Å². The molecule has 2 aromatic carbocycles. The highest BCUT2D eigenvalue weighted by Gasteiger charge is 2.16. The summed E-state index contributed by atoms with van der Waals surface area (Å²) < 4.78 is 31.7. The Morgan fingerprint density at radius 3 is 2.38 bits per heavy atom. The topological polar surface area (TPSA) is 74.1 Å². The summed E-state index contributed by atoms with van der Waals surface area (Å²) in [6.45, 7) is 0. The first kappa shape index (κ1) is 18.5. The van der Waals surface area contributed by atoms with Crippen LogP contribution in [0.25, 0.3) is 11.4 Å². The van der Waals surface area contributed by atoms with Crippen LogP contribution in [0, 0.1) is 0 Å². The number of methoxy groups -OCH3 is 1. The van der Waals surface area contributed by atoms with Crippen LogP contribution in [0.15, 0.2) is 64.6 Å². The summed E-state index contributed by atoms with van der Waals surface area (Å²) in [6.07, 6.45) is 0. The first-order valence-electron chi connectivity index (χ1n) is 7.95. The lowest BCUT2D eigenvalue weighted by molar-refractivity contribution is 0.415. The van der Waals surface area contributed by atoms with Gasteiger partial charge in [0.25, 0.3) is 0 Å². The number of thioether (sulfide) groups is 1. The average molecular weight is 390 g/mol. The number of rotatable bonds is 7. The van der Waals surface area contributed by atoms with E-state index in [-0.39, 0.29) is 5.75 Å². The zero-order chi connectivity index (χ0) is 18.6. The van der Waals surface area contributed by atoms with E-state index in [0.29, 0.717) is 15.8 Å². The molecule has 6 nitrogen and oxygen atoms in total. The van der Waals surface area contributed by atoms with Crippen LogP contribution in [0.3, 0.4) is 0 Å². The quantitative estimate of drug-likeness (QED) is 0.578. The van der Waals surface area contributed by atoms with E-state index in [4.69, 9.17) is 4.74 Å². The van der Waals surface area contributed by atoms with Crippen molar-refractivity contribution < 1.29 is 13.2 Å². The smallest absolute Gasteiger partial charge is 0.191 e. The molecular formula is C18H19N3O3S2. The van der Waals surface area contributed by atoms with Crippen molar-refractivity contribution in [1.29, 1.82) is 0 Å². The minimum Gasteiger partial charge on any atom is -0.497 e. The fourth-order valence-corrected chi connectivity index (χ4v) is 5.00. The van der Waals surface area contributed by atoms with Crippen molar-refractivity contribution in [2.45, 2.75) is 10.1 Å². The van der Waals surface area contributed by atoms with E-state index in [1.54, 1.807) is 37.4 Å². The van der Waals surface area contributed by atoms with Gasteiger partial charge in [-0.05, 0) is 36.4 Å². The maximum Gasteiger partial charge on any atom is 0.191 e. The Labute approximate surface area is 157 Å². The van der Waals surface area contributed by atoms with Gasteiger partial charge in [-0.3, -0.25) is 0 Å². The summed E-state index contributed by atoms with van der Waals surface area (Å²) >= 11 is 1.38. The van der Waals surface area contributed by atoms with E-state index < -0.39 is 9.84 Å². The number of aromatic nitrogens is 3. The zero-order valence-corrected chi connectivity index (χ0v) is 16.1. The predicted molar refractivity (Wildman–Crippen MR) is 102 cm³/mol. The molecule has 0 spiro atoms. The third kappa shape index (κ3) is 4.08. The lowest BCUT2D eigenvalue weighted by Crippen LogP contribution is -2.09. The van der Waals surface area contributed by atoms with Gasteiger partial charge < -0.3 is 9.30 Å². The number of nitrogens with zero attached hydrogens (tertiary/aromatic N) is 3. The van der Waals surface area contributed by atoms with Gasteiger partial charge in [0.15, 0.2) is 20.8 Å². The monoisotopic (exact) mass is 389 g/mol. The highest BCUT2D eigenvalue weighted by atomic mass is 32.2. The van der Waals surface area contributed by atoms with Crippen molar-refractivity contribution in [3.63, 3.8) is 0 Å². The Bertz CT molecular complexity index is 969. The first-order valence-corrected chi connectivity index (χ1v) is 10.6. The Morgan fingerprint density at radius 2 is 1.73 bits per heavy atom. The molecule has 0 N–H and O–H groups in total. The van der Waals surface area contributed by atoms with Gasteiger partial charge in [0, 0.05) is 18.4 Å². The summed E-state index contributed by atoms with van der Waals surface area (Å²) in [5.41, 5.74) is 0.921. The molecule has 3 rings (SSSR count). The van der Waals surface area contributed by atoms with Crippen molar-refractivity contribution in [3.8, 4) is 17.1 Å². The van der Waals surface area contributed by atoms with Gasteiger partial charge in [0.1, 0.15) is 5.75 Å². The highest BCUT2D eigenvalue weighted by molar-refractivity contribution is 8.00. The fourth-order valence-electron chi connectivity index (χ4n) is 2.42. The number of benzene rings is 2. The summed E-state index contributed by atoms with van der Waals surface area (Å²) in [6, 6.07) is 16.0. The van der Waals surface area contributed by atoms with Crippen LogP contribution in [0.1, 0.15) is 0 Å². The molecule has 0 bridgehead atoms. The van der Waals surface area contributed by atoms with E-state index in [2.05, 4.69) is 10.2 Å². The lowest BCUT2D eigenvalue weighted by Gasteiger charge is -2.06. The molecule has 0 aliphatic heterocycles. The molecule has 3 aromatic rings. The molecule has 0 radical (unpaired) electrons. The largest absolute Gasteiger partial charge is 0.497 e. The molecule has 0 fully saturated rings. The lowest BCUT2D eigenvalue weighted by atomic mass is 10.2. The Hall–Kier alpha value is -2.32. The third-order valence-corrected chi connectivity index (χ3v) is 6.88. The molecule has 0 aliphatic rings. The van der Waals surface area contributed by atoms with E-state index in [1.807, 2.05) is 35.9 Å². The minimum atomic E-state index is -3.29. The van der Waals surface area contributed by atoms with Crippen LogP contribution >= 0.6 is 11.8 Å². The van der Waals surface area contributed by atoms with E-state index in [1.165, 1.54) is 11.8 Å². The van der Waals surface area contributed by atoms with E-state index in [0.717, 1.165) is 17.1 Å². The zero-order valence-electron chi connectivity index (χ0n) is 14.5. The SMILES string of the molecule is COc1ccc(-c2nnc(SCCS(=O)(=O)c3ccccc3)n2C)cc1. The van der Waals surface area contributed by atoms with Crippen LogP contribution in [0.4, 0.5) is 0 Å². The standard InChI is InChI=1S/C18H19N3O3S2/c1-21-17(14-8-10-15(24-2)11-9-14)19-20-18(21)25-12-13-26(22,23)16-6-4-3-5-7-16/h3-11H,12-13H2,1-2H3. The Balaban J connectivity index is 1.67. The second-order valence-electron chi connectivity index (χ2n) is 5.57. The fraction of sp³-hybridized carbons (Fsp3) is 0.222. The molecule has 0 unspecified atom stereocenters. The van der Waals surface area contributed by atoms with Gasteiger partial charge in [-0.1, -0.05) is 30.0 Å². The number of hydrogen-bond donors (Lipinski definition) is 0. The Morgan fingerprint density at radius 1 is 1.04 bits per heavy atom. The molecule has 136 valence electrons. The summed E-state index contributed by atoms with van der Waals surface area (Å²) in [7, 11) is 0.201. The average Bonchev–Trinajstić information content (AvgIpc) is 3.03. The Kier molecular flexibility index (Phi) is 5.63. The van der Waals surface area contributed by atoms with Crippen LogP contribution in [0.5, 0.6) is 5.75 Å². The van der Waals surface area contributed by atoms with Crippen LogP contribution in [0.2, 0.25) is 0 Å². The van der Waals surface area contributed by atoms with Gasteiger partial charge in [-0.25, -0.2) is 8.42 Å². The van der Waals surface area contributed by atoms with Gasteiger partial charge in [0.2, 0.25) is 0 Å². The summed E-state index contributed by atoms with van der Waals surface area (Å²) in [5, 5.41) is 9.07. The number of sulfone groups is 1. The van der Waals surface area contributed by atoms with Crippen molar-refractivity contribution in [1.82, 2.24) is 14.8 Å². The molecular weight excluding hydrogens is 370 g/mol. The highest BCUT2D eigenvalue weighted by Crippen LogP contribution is 2.25. The van der Waals surface area contributed by atoms with Gasteiger partial charge in [-0.15, -0.1) is 10.2 Å². The molecule has 1 aromatic heterocycles. The molecule has 1 heterocycles. The molecule has 0 aliphatic carbocycles. The molecule has 0 atom stereocenters. The maximum atomic E-state index is 12.3. The number of ether oxygens (including phenoxy) is 1. The normalized spacial score (nSPS) is 11.5. The number of hydrogen-bond acceptors (Lipinski definition) is 6. The second-order valence-corrected chi connectivity index (χ2v) is 8.75. The van der Waals surface area contributed by atoms with E-state index >= 15 is 0 Å². The van der Waals surface area contributed by atoms with Crippen molar-refractivity contribution in [3.05, 3.63) is 54.6 Å². The third-order valence-electron chi connectivity index (χ3n) is 3.87. The van der Waals surface area contributed by atoms with Gasteiger partial charge in [-0.2, -0.15) is 0 Å². The minimum absolute atomic E-state index is 0.0480. The second kappa shape index (κ2) is 7.92. The summed E-state index contributed by atoms with van der Waals surface area (Å²) in [5.74, 6) is 1.95. The molecule has 0 saturated carbocycles.